The van der Waals surface area contributed by atoms with E-state index >= 15 is 0 Å². The molecule has 3 N–H and O–H groups in total. The van der Waals surface area contributed by atoms with Crippen LogP contribution in [0.1, 0.15) is 35.3 Å². The second-order valence-corrected chi connectivity index (χ2v) is 8.28. The molecule has 0 spiro atoms. The summed E-state index contributed by atoms with van der Waals surface area (Å²) in [5.74, 6) is -0.410. The fourth-order valence-corrected chi connectivity index (χ4v) is 3.47. The summed E-state index contributed by atoms with van der Waals surface area (Å²) in [7, 11) is 3.43. The highest BCUT2D eigenvalue weighted by Crippen LogP contribution is 2.37. The minimum atomic E-state index is -5.05. The second kappa shape index (κ2) is 12.2. The molecule has 0 unspecified atom stereocenters. The van der Waals surface area contributed by atoms with Gasteiger partial charge in [-0.25, -0.2) is 4.79 Å². The number of likely N-dealkylation sites (N-methyl/N-ethyl adjacent to an activating group) is 1. The molecule has 0 fully saturated rings. The number of carbonyl (C=O) groups excluding carboxylic acids is 2. The molecule has 0 heterocycles. The van der Waals surface area contributed by atoms with E-state index in [1.165, 1.54) is 12.1 Å². The van der Waals surface area contributed by atoms with Gasteiger partial charge in [-0.05, 0) is 49.5 Å². The Balaban J connectivity index is 2.23. The van der Waals surface area contributed by atoms with Crippen molar-refractivity contribution < 1.29 is 35.9 Å². The van der Waals surface area contributed by atoms with Crippen LogP contribution in [0, 0.1) is 0 Å². The van der Waals surface area contributed by atoms with E-state index in [9.17, 15) is 35.9 Å². The van der Waals surface area contributed by atoms with E-state index in [1.807, 2.05) is 19.2 Å². The van der Waals surface area contributed by atoms with Gasteiger partial charge in [0.05, 0.1) is 16.7 Å². The molecule has 2 rings (SSSR count). The minimum Gasteiger partial charge on any atom is -0.377 e. The van der Waals surface area contributed by atoms with Gasteiger partial charge in [0.2, 0.25) is 0 Å². The van der Waals surface area contributed by atoms with Crippen LogP contribution < -0.4 is 20.9 Å². The molecule has 0 aromatic heterocycles. The molecular weight excluding hydrogens is 504 g/mol. The molecular formula is C24H29F6N5O2. The molecule has 37 heavy (non-hydrogen) atoms. The summed E-state index contributed by atoms with van der Waals surface area (Å²) in [5.41, 5.74) is -2.94. The van der Waals surface area contributed by atoms with Gasteiger partial charge in [-0.1, -0.05) is 13.8 Å². The Hall–Kier alpha value is -3.48. The van der Waals surface area contributed by atoms with E-state index in [-0.39, 0.29) is 17.3 Å². The van der Waals surface area contributed by atoms with Gasteiger partial charge in [-0.15, -0.1) is 0 Å². The summed E-state index contributed by atoms with van der Waals surface area (Å²) in [4.78, 5) is 29.0. The number of amides is 3. The lowest BCUT2D eigenvalue weighted by atomic mass is 10.1. The lowest BCUT2D eigenvalue weighted by Crippen LogP contribution is -2.35. The highest BCUT2D eigenvalue weighted by atomic mass is 19.4. The van der Waals surface area contributed by atoms with Gasteiger partial charge in [-0.2, -0.15) is 26.3 Å². The lowest BCUT2D eigenvalue weighted by molar-refractivity contribution is -0.143. The first-order valence-corrected chi connectivity index (χ1v) is 11.3. The molecule has 7 nitrogen and oxygen atoms in total. The van der Waals surface area contributed by atoms with E-state index in [1.54, 1.807) is 25.1 Å². The fourth-order valence-electron chi connectivity index (χ4n) is 3.47. The Labute approximate surface area is 210 Å². The van der Waals surface area contributed by atoms with Gasteiger partial charge in [0.1, 0.15) is 0 Å². The second-order valence-electron chi connectivity index (χ2n) is 8.28. The SMILES string of the molecule is CCN(CC)CCNC(=O)c1cc(NC(=O)Nc2cc(C(F)(F)F)cc(C(F)(F)F)c2)ccc1N(C)C. The number of alkyl halides is 6. The normalized spacial score (nSPS) is 11.9. The van der Waals surface area contributed by atoms with Crippen molar-refractivity contribution in [3.8, 4) is 0 Å². The van der Waals surface area contributed by atoms with Crippen molar-refractivity contribution in [1.82, 2.24) is 10.2 Å². The first-order valence-electron chi connectivity index (χ1n) is 11.3. The summed E-state index contributed by atoms with van der Waals surface area (Å²) >= 11 is 0. The molecule has 0 aliphatic carbocycles. The van der Waals surface area contributed by atoms with Crippen molar-refractivity contribution in [2.75, 3.05) is 55.8 Å². The number of nitrogens with zero attached hydrogens (tertiary/aromatic N) is 2. The number of hydrogen-bond acceptors (Lipinski definition) is 4. The summed E-state index contributed by atoms with van der Waals surface area (Å²) in [6, 6.07) is 4.06. The molecule has 0 saturated carbocycles. The van der Waals surface area contributed by atoms with E-state index < -0.39 is 41.1 Å². The Kier molecular flexibility index (Phi) is 9.79. The number of anilines is 3. The third-order valence-electron chi connectivity index (χ3n) is 5.43. The number of halogens is 6. The zero-order valence-electron chi connectivity index (χ0n) is 20.8. The zero-order chi connectivity index (χ0) is 28.0. The van der Waals surface area contributed by atoms with Crippen LogP contribution in [0.5, 0.6) is 0 Å². The Morgan fingerprint density at radius 1 is 0.811 bits per heavy atom. The van der Waals surface area contributed by atoms with Gasteiger partial charge in [-0.3, -0.25) is 4.79 Å². The van der Waals surface area contributed by atoms with Crippen molar-refractivity contribution in [3.63, 3.8) is 0 Å². The van der Waals surface area contributed by atoms with Crippen LogP contribution in [0.3, 0.4) is 0 Å². The third-order valence-corrected chi connectivity index (χ3v) is 5.43. The summed E-state index contributed by atoms with van der Waals surface area (Å²) in [6.45, 7) is 6.65. The quantitative estimate of drug-likeness (QED) is 0.372. The molecule has 0 atom stereocenters. The van der Waals surface area contributed by atoms with Crippen molar-refractivity contribution in [1.29, 1.82) is 0 Å². The first-order chi connectivity index (χ1) is 17.1. The van der Waals surface area contributed by atoms with Crippen LogP contribution in [0.4, 0.5) is 48.2 Å². The fraction of sp³-hybridized carbons (Fsp3) is 0.417. The largest absolute Gasteiger partial charge is 0.416 e. The predicted octanol–water partition coefficient (Wildman–Crippen LogP) is 5.51. The first kappa shape index (κ1) is 29.7. The number of hydrogen-bond donors (Lipinski definition) is 3. The van der Waals surface area contributed by atoms with Gasteiger partial charge >= 0.3 is 18.4 Å². The maximum atomic E-state index is 13.1. The van der Waals surface area contributed by atoms with Crippen molar-refractivity contribution in [2.45, 2.75) is 26.2 Å². The maximum absolute atomic E-state index is 13.1. The van der Waals surface area contributed by atoms with E-state index in [4.69, 9.17) is 0 Å². The number of urea groups is 1. The van der Waals surface area contributed by atoms with Crippen molar-refractivity contribution in [2.24, 2.45) is 0 Å². The van der Waals surface area contributed by atoms with E-state index in [2.05, 4.69) is 15.5 Å². The molecule has 3 amide bonds. The van der Waals surface area contributed by atoms with E-state index in [0.29, 0.717) is 30.9 Å². The Morgan fingerprint density at radius 2 is 1.35 bits per heavy atom. The Bertz CT molecular complexity index is 1070. The molecule has 0 aliphatic heterocycles. The molecule has 0 bridgehead atoms. The summed E-state index contributed by atoms with van der Waals surface area (Å²) in [5, 5.41) is 7.14. The average molecular weight is 534 g/mol. The number of rotatable bonds is 9. The molecule has 0 saturated heterocycles. The number of benzene rings is 2. The van der Waals surface area contributed by atoms with Gasteiger partial charge in [0.15, 0.2) is 0 Å². The summed E-state index contributed by atoms with van der Waals surface area (Å²) < 4.78 is 78.5. The van der Waals surface area contributed by atoms with Gasteiger partial charge < -0.3 is 25.8 Å². The monoisotopic (exact) mass is 533 g/mol. The van der Waals surface area contributed by atoms with Crippen LogP contribution in [0.2, 0.25) is 0 Å². The van der Waals surface area contributed by atoms with Crippen LogP contribution in [0.25, 0.3) is 0 Å². The third kappa shape index (κ3) is 8.55. The molecule has 204 valence electrons. The topological polar surface area (TPSA) is 76.7 Å². The highest BCUT2D eigenvalue weighted by Gasteiger charge is 2.37. The van der Waals surface area contributed by atoms with E-state index in [0.717, 1.165) is 13.1 Å². The smallest absolute Gasteiger partial charge is 0.377 e. The van der Waals surface area contributed by atoms with Crippen LogP contribution in [-0.4, -0.2) is 57.1 Å². The van der Waals surface area contributed by atoms with Crippen molar-refractivity contribution in [3.05, 3.63) is 53.1 Å². The van der Waals surface area contributed by atoms with Crippen LogP contribution in [-0.2, 0) is 12.4 Å². The summed E-state index contributed by atoms with van der Waals surface area (Å²) in [6.07, 6.45) is -10.1. The maximum Gasteiger partial charge on any atom is 0.416 e. The standard InChI is InChI=1S/C24H29F6N5O2/c1-5-35(6-2)10-9-31-21(36)19-14-17(7-8-20(19)34(3)4)32-22(37)33-18-12-15(23(25,26)27)11-16(13-18)24(28,29)30/h7-8,11-14H,5-6,9-10H2,1-4H3,(H,31,36)(H2,32,33,37). The highest BCUT2D eigenvalue weighted by molar-refractivity contribution is 6.04. The van der Waals surface area contributed by atoms with Gasteiger partial charge in [0.25, 0.3) is 5.91 Å². The average Bonchev–Trinajstić information content (AvgIpc) is 2.80. The molecule has 2 aromatic carbocycles. The lowest BCUT2D eigenvalue weighted by Gasteiger charge is -2.20. The Morgan fingerprint density at radius 3 is 1.84 bits per heavy atom. The molecule has 13 heteroatoms. The minimum absolute atomic E-state index is 0.0335. The zero-order valence-corrected chi connectivity index (χ0v) is 20.8. The number of nitrogens with one attached hydrogen (secondary N) is 3. The van der Waals surface area contributed by atoms with Crippen LogP contribution >= 0.6 is 0 Å². The molecule has 0 radical (unpaired) electrons. The predicted molar refractivity (Wildman–Crippen MR) is 130 cm³/mol. The van der Waals surface area contributed by atoms with Crippen molar-refractivity contribution >= 4 is 29.0 Å². The number of carbonyl (C=O) groups is 2. The van der Waals surface area contributed by atoms with Crippen LogP contribution in [0.15, 0.2) is 36.4 Å². The molecule has 2 aromatic rings. The molecule has 0 aliphatic rings. The van der Waals surface area contributed by atoms with Gasteiger partial charge in [0, 0.05) is 44.2 Å².